The number of rotatable bonds is 5. The summed E-state index contributed by atoms with van der Waals surface area (Å²) in [6.45, 7) is 1.71. The molecule has 0 aliphatic heterocycles. The highest BCUT2D eigenvalue weighted by atomic mass is 16.6. The van der Waals surface area contributed by atoms with Crippen LogP contribution in [0.4, 0.5) is 5.69 Å². The Kier molecular flexibility index (Phi) is 3.57. The van der Waals surface area contributed by atoms with Crippen molar-refractivity contribution in [3.63, 3.8) is 0 Å². The molecule has 8 heteroatoms. The highest BCUT2D eigenvalue weighted by Crippen LogP contribution is 2.24. The molecule has 0 aliphatic carbocycles. The molecule has 0 saturated heterocycles. The number of nitro groups is 1. The van der Waals surface area contributed by atoms with Gasteiger partial charge in [-0.2, -0.15) is 4.98 Å². The van der Waals surface area contributed by atoms with E-state index in [9.17, 15) is 10.1 Å². The minimum Gasteiger partial charge on any atom is -0.484 e. The molecular formula is C14H11N3O5. The molecule has 0 amide bonds. The third kappa shape index (κ3) is 2.80. The maximum Gasteiger partial charge on any atom is 0.272 e. The van der Waals surface area contributed by atoms with Crippen LogP contribution in [0.15, 0.2) is 45.5 Å². The van der Waals surface area contributed by atoms with Crippen LogP contribution in [0.3, 0.4) is 0 Å². The van der Waals surface area contributed by atoms with E-state index >= 15 is 0 Å². The minimum atomic E-state index is -0.438. The van der Waals surface area contributed by atoms with Crippen LogP contribution >= 0.6 is 0 Å². The maximum absolute atomic E-state index is 10.8. The average Bonchev–Trinajstić information content (AvgIpc) is 3.16. The van der Waals surface area contributed by atoms with Crippen molar-refractivity contribution < 1.29 is 18.6 Å². The van der Waals surface area contributed by atoms with Gasteiger partial charge in [-0.15, -0.1) is 0 Å². The van der Waals surface area contributed by atoms with Crippen LogP contribution in [-0.2, 0) is 6.61 Å². The summed E-state index contributed by atoms with van der Waals surface area (Å²) in [4.78, 5) is 14.4. The Morgan fingerprint density at radius 2 is 2.23 bits per heavy atom. The molecule has 1 aromatic carbocycles. The summed E-state index contributed by atoms with van der Waals surface area (Å²) in [7, 11) is 0. The molecule has 2 aromatic heterocycles. The molecule has 112 valence electrons. The number of nitro benzene ring substituents is 1. The summed E-state index contributed by atoms with van der Waals surface area (Å²) in [5.74, 6) is 1.60. The molecule has 0 bridgehead atoms. The van der Waals surface area contributed by atoms with Crippen molar-refractivity contribution >= 4 is 5.69 Å². The summed E-state index contributed by atoms with van der Waals surface area (Å²) in [6.07, 6.45) is 1.52. The van der Waals surface area contributed by atoms with Gasteiger partial charge in [0.2, 0.25) is 5.82 Å². The molecule has 0 atom stereocenters. The molecule has 0 spiro atoms. The van der Waals surface area contributed by atoms with Gasteiger partial charge in [0.15, 0.2) is 12.4 Å². The molecule has 0 radical (unpaired) electrons. The predicted octanol–water partition coefficient (Wildman–Crippen LogP) is 3.13. The van der Waals surface area contributed by atoms with Crippen molar-refractivity contribution in [2.24, 2.45) is 0 Å². The van der Waals surface area contributed by atoms with Crippen molar-refractivity contribution in [2.45, 2.75) is 13.5 Å². The fourth-order valence-corrected chi connectivity index (χ4v) is 1.89. The van der Waals surface area contributed by atoms with E-state index in [0.717, 1.165) is 0 Å². The zero-order valence-electron chi connectivity index (χ0n) is 11.6. The van der Waals surface area contributed by atoms with E-state index in [2.05, 4.69) is 10.1 Å². The molecule has 22 heavy (non-hydrogen) atoms. The number of benzene rings is 1. The molecule has 0 N–H and O–H groups in total. The molecule has 0 unspecified atom stereocenters. The number of hydrogen-bond donors (Lipinski definition) is 0. The third-order valence-corrected chi connectivity index (χ3v) is 2.94. The topological polar surface area (TPSA) is 104 Å². The molecule has 2 heterocycles. The minimum absolute atomic E-state index is 0.0465. The van der Waals surface area contributed by atoms with E-state index in [1.54, 1.807) is 25.1 Å². The van der Waals surface area contributed by atoms with E-state index in [0.29, 0.717) is 22.9 Å². The Hall–Kier alpha value is -3.16. The van der Waals surface area contributed by atoms with Gasteiger partial charge in [-0.05, 0) is 31.2 Å². The number of hydrogen-bond acceptors (Lipinski definition) is 7. The van der Waals surface area contributed by atoms with Gasteiger partial charge in [0, 0.05) is 11.6 Å². The van der Waals surface area contributed by atoms with Crippen molar-refractivity contribution in [1.29, 1.82) is 0 Å². The lowest BCUT2D eigenvalue weighted by atomic mass is 10.2. The zero-order valence-corrected chi connectivity index (χ0v) is 11.6. The van der Waals surface area contributed by atoms with Gasteiger partial charge >= 0.3 is 0 Å². The van der Waals surface area contributed by atoms with E-state index in [-0.39, 0.29) is 18.2 Å². The normalized spacial score (nSPS) is 10.6. The Balaban J connectivity index is 1.68. The Bertz CT molecular complexity index is 795. The molecule has 0 aliphatic rings. The Labute approximate surface area is 124 Å². The molecule has 3 rings (SSSR count). The maximum atomic E-state index is 10.8. The Morgan fingerprint density at radius 3 is 2.91 bits per heavy atom. The zero-order chi connectivity index (χ0) is 15.5. The van der Waals surface area contributed by atoms with Crippen LogP contribution < -0.4 is 4.74 Å². The lowest BCUT2D eigenvalue weighted by Gasteiger charge is -2.04. The highest BCUT2D eigenvalue weighted by Gasteiger charge is 2.13. The standard InChI is InChI=1S/C14H11N3O5/c1-9-7-10(4-5-11(9)17(18)19)21-8-13-15-14(16-22-13)12-3-2-6-20-12/h2-7H,8H2,1H3. The number of nitrogens with zero attached hydrogens (tertiary/aromatic N) is 3. The summed E-state index contributed by atoms with van der Waals surface area (Å²) >= 11 is 0. The summed E-state index contributed by atoms with van der Waals surface area (Å²) in [5, 5.41) is 14.5. The molecule has 0 fully saturated rings. The molecule has 0 saturated carbocycles. The SMILES string of the molecule is Cc1cc(OCc2nc(-c3ccco3)no2)ccc1[N+](=O)[O-]. The van der Waals surface area contributed by atoms with E-state index in [1.807, 2.05) is 0 Å². The van der Waals surface area contributed by atoms with E-state index in [1.165, 1.54) is 18.4 Å². The largest absolute Gasteiger partial charge is 0.484 e. The fourth-order valence-electron chi connectivity index (χ4n) is 1.89. The van der Waals surface area contributed by atoms with E-state index in [4.69, 9.17) is 13.7 Å². The molecular weight excluding hydrogens is 290 g/mol. The summed E-state index contributed by atoms with van der Waals surface area (Å²) in [6, 6.07) is 7.94. The first-order chi connectivity index (χ1) is 10.6. The van der Waals surface area contributed by atoms with Gasteiger partial charge in [0.05, 0.1) is 11.2 Å². The number of ether oxygens (including phenoxy) is 1. The first-order valence-electron chi connectivity index (χ1n) is 6.38. The number of aromatic nitrogens is 2. The van der Waals surface area contributed by atoms with Gasteiger partial charge in [0.1, 0.15) is 5.75 Å². The average molecular weight is 301 g/mol. The second-order valence-electron chi connectivity index (χ2n) is 4.48. The predicted molar refractivity (Wildman–Crippen MR) is 74.2 cm³/mol. The monoisotopic (exact) mass is 301 g/mol. The molecule has 8 nitrogen and oxygen atoms in total. The van der Waals surface area contributed by atoms with Gasteiger partial charge in [-0.1, -0.05) is 5.16 Å². The molecule has 3 aromatic rings. The van der Waals surface area contributed by atoms with Crippen molar-refractivity contribution in [1.82, 2.24) is 10.1 Å². The number of aryl methyl sites for hydroxylation is 1. The van der Waals surface area contributed by atoms with Crippen LogP contribution in [0.5, 0.6) is 5.75 Å². The fraction of sp³-hybridized carbons (Fsp3) is 0.143. The van der Waals surface area contributed by atoms with Gasteiger partial charge in [-0.25, -0.2) is 0 Å². The van der Waals surface area contributed by atoms with Crippen LogP contribution in [0.2, 0.25) is 0 Å². The van der Waals surface area contributed by atoms with Crippen LogP contribution in [0.25, 0.3) is 11.6 Å². The quantitative estimate of drug-likeness (QED) is 0.526. The highest BCUT2D eigenvalue weighted by molar-refractivity contribution is 5.45. The first kappa shape index (κ1) is 13.8. The smallest absolute Gasteiger partial charge is 0.272 e. The van der Waals surface area contributed by atoms with Crippen LogP contribution in [0, 0.1) is 17.0 Å². The third-order valence-electron chi connectivity index (χ3n) is 2.94. The summed E-state index contributed by atoms with van der Waals surface area (Å²) < 4.78 is 15.7. The van der Waals surface area contributed by atoms with Crippen LogP contribution in [-0.4, -0.2) is 15.1 Å². The van der Waals surface area contributed by atoms with E-state index < -0.39 is 4.92 Å². The summed E-state index contributed by atoms with van der Waals surface area (Å²) in [5.41, 5.74) is 0.564. The van der Waals surface area contributed by atoms with Gasteiger partial charge in [0.25, 0.3) is 11.6 Å². The second kappa shape index (κ2) is 5.68. The Morgan fingerprint density at radius 1 is 1.36 bits per heavy atom. The van der Waals surface area contributed by atoms with Crippen LogP contribution in [0.1, 0.15) is 11.5 Å². The van der Waals surface area contributed by atoms with Crippen molar-refractivity contribution in [2.75, 3.05) is 0 Å². The van der Waals surface area contributed by atoms with Gasteiger partial charge < -0.3 is 13.7 Å². The second-order valence-corrected chi connectivity index (χ2v) is 4.48. The lowest BCUT2D eigenvalue weighted by molar-refractivity contribution is -0.385. The van der Waals surface area contributed by atoms with Crippen molar-refractivity contribution in [3.05, 3.63) is 58.2 Å². The first-order valence-corrected chi connectivity index (χ1v) is 6.38. The van der Waals surface area contributed by atoms with Gasteiger partial charge in [-0.3, -0.25) is 10.1 Å². The van der Waals surface area contributed by atoms with Crippen molar-refractivity contribution in [3.8, 4) is 17.3 Å². The number of furan rings is 1. The lowest BCUT2D eigenvalue weighted by Crippen LogP contribution is -1.97.